The zero-order valence-electron chi connectivity index (χ0n) is 11.1. The van der Waals surface area contributed by atoms with Gasteiger partial charge in [-0.3, -0.25) is 9.59 Å². The average Bonchev–Trinajstić information content (AvgIpc) is 2.63. The van der Waals surface area contributed by atoms with E-state index >= 15 is 0 Å². The molecular formula is C14H16BrN3O2. The van der Waals surface area contributed by atoms with Gasteiger partial charge in [-0.2, -0.15) is 0 Å². The zero-order chi connectivity index (χ0) is 14.3. The molecule has 106 valence electrons. The van der Waals surface area contributed by atoms with Gasteiger partial charge in [0.05, 0.1) is 21.8 Å². The molecular weight excluding hydrogens is 322 g/mol. The summed E-state index contributed by atoms with van der Waals surface area (Å²) in [6.45, 7) is 0. The number of aromatic nitrogens is 1. The van der Waals surface area contributed by atoms with Gasteiger partial charge >= 0.3 is 0 Å². The second kappa shape index (κ2) is 4.84. The molecule has 1 saturated carbocycles. The fourth-order valence-electron chi connectivity index (χ4n) is 3.24. The number of nitrogen functional groups attached to an aromatic ring is 1. The Kier molecular flexibility index (Phi) is 3.28. The highest BCUT2D eigenvalue weighted by atomic mass is 79.9. The Morgan fingerprint density at radius 3 is 2.60 bits per heavy atom. The van der Waals surface area contributed by atoms with Crippen molar-refractivity contribution < 1.29 is 9.59 Å². The van der Waals surface area contributed by atoms with Gasteiger partial charge in [0, 0.05) is 6.42 Å². The highest BCUT2D eigenvalue weighted by molar-refractivity contribution is 9.10. The van der Waals surface area contributed by atoms with Crippen LogP contribution in [0, 0.1) is 5.41 Å². The number of imide groups is 1. The molecule has 1 saturated heterocycles. The van der Waals surface area contributed by atoms with Gasteiger partial charge in [0.25, 0.3) is 0 Å². The number of rotatable bonds is 1. The summed E-state index contributed by atoms with van der Waals surface area (Å²) >= 11 is 3.34. The van der Waals surface area contributed by atoms with Crippen molar-refractivity contribution in [3.05, 3.63) is 16.7 Å². The first-order valence-corrected chi connectivity index (χ1v) is 7.61. The van der Waals surface area contributed by atoms with E-state index in [9.17, 15) is 9.59 Å². The Morgan fingerprint density at radius 2 is 1.95 bits per heavy atom. The molecule has 0 unspecified atom stereocenters. The molecule has 2 aliphatic rings. The molecule has 0 aromatic carbocycles. The summed E-state index contributed by atoms with van der Waals surface area (Å²) in [5, 5.41) is 0. The summed E-state index contributed by atoms with van der Waals surface area (Å²) in [5.41, 5.74) is 5.66. The summed E-state index contributed by atoms with van der Waals surface area (Å²) in [7, 11) is 0. The molecule has 2 fully saturated rings. The van der Waals surface area contributed by atoms with Crippen LogP contribution in [0.5, 0.6) is 0 Å². The Morgan fingerprint density at radius 1 is 1.25 bits per heavy atom. The van der Waals surface area contributed by atoms with E-state index in [1.165, 1.54) is 11.1 Å². The third-order valence-corrected chi connectivity index (χ3v) is 4.84. The summed E-state index contributed by atoms with van der Waals surface area (Å²) in [4.78, 5) is 30.4. The first-order valence-electron chi connectivity index (χ1n) is 6.82. The van der Waals surface area contributed by atoms with E-state index in [1.807, 2.05) is 0 Å². The maximum atomic E-state index is 12.7. The minimum atomic E-state index is -0.488. The number of nitrogens with zero attached hydrogens (tertiary/aromatic N) is 2. The summed E-state index contributed by atoms with van der Waals surface area (Å²) in [6.07, 6.45) is 6.57. The lowest BCUT2D eigenvalue weighted by atomic mass is 9.73. The number of nitrogens with two attached hydrogens (primary N) is 1. The number of hydrogen-bond donors (Lipinski definition) is 1. The highest BCUT2D eigenvalue weighted by Gasteiger charge is 2.52. The molecule has 1 aliphatic carbocycles. The van der Waals surface area contributed by atoms with Crippen LogP contribution in [0.3, 0.4) is 0 Å². The van der Waals surface area contributed by atoms with E-state index in [0.29, 0.717) is 22.4 Å². The fourth-order valence-corrected chi connectivity index (χ4v) is 3.78. The van der Waals surface area contributed by atoms with Crippen LogP contribution in [0.1, 0.15) is 38.5 Å². The van der Waals surface area contributed by atoms with E-state index < -0.39 is 5.41 Å². The van der Waals surface area contributed by atoms with Gasteiger partial charge in [-0.05, 0) is 34.8 Å². The van der Waals surface area contributed by atoms with Crippen LogP contribution in [0.2, 0.25) is 0 Å². The minimum Gasteiger partial charge on any atom is -0.397 e. The molecule has 5 nitrogen and oxygen atoms in total. The summed E-state index contributed by atoms with van der Waals surface area (Å²) in [5.74, 6) is 0.103. The van der Waals surface area contributed by atoms with Crippen LogP contribution in [0.4, 0.5) is 11.5 Å². The van der Waals surface area contributed by atoms with Crippen LogP contribution < -0.4 is 10.6 Å². The van der Waals surface area contributed by atoms with Crippen molar-refractivity contribution in [2.75, 3.05) is 10.6 Å². The first-order chi connectivity index (χ1) is 9.53. The van der Waals surface area contributed by atoms with E-state index in [0.717, 1.165) is 32.1 Å². The standard InChI is InChI=1S/C14H16BrN3O2/c15-10-6-9(16)8-17-12(10)18-11(19)7-14(13(18)20)4-2-1-3-5-14/h6,8H,1-5,7,16H2. The summed E-state index contributed by atoms with van der Waals surface area (Å²) < 4.78 is 0.576. The van der Waals surface area contributed by atoms with E-state index in [-0.39, 0.29) is 11.8 Å². The smallest absolute Gasteiger partial charge is 0.241 e. The number of carbonyl (C=O) groups excluding carboxylic acids is 2. The number of pyridine rings is 1. The van der Waals surface area contributed by atoms with Crippen molar-refractivity contribution >= 4 is 39.2 Å². The molecule has 0 bridgehead atoms. The molecule has 1 aromatic heterocycles. The normalized spacial score (nSPS) is 21.8. The van der Waals surface area contributed by atoms with E-state index in [2.05, 4.69) is 20.9 Å². The van der Waals surface area contributed by atoms with Crippen LogP contribution in [-0.4, -0.2) is 16.8 Å². The molecule has 2 amide bonds. The maximum absolute atomic E-state index is 12.7. The number of carbonyl (C=O) groups is 2. The second-order valence-electron chi connectivity index (χ2n) is 5.63. The van der Waals surface area contributed by atoms with Gasteiger partial charge in [-0.15, -0.1) is 0 Å². The topological polar surface area (TPSA) is 76.3 Å². The van der Waals surface area contributed by atoms with Gasteiger partial charge in [0.15, 0.2) is 5.82 Å². The molecule has 20 heavy (non-hydrogen) atoms. The van der Waals surface area contributed by atoms with Crippen LogP contribution in [-0.2, 0) is 9.59 Å². The molecule has 1 aliphatic heterocycles. The van der Waals surface area contributed by atoms with Crippen molar-refractivity contribution in [2.24, 2.45) is 5.41 Å². The molecule has 1 spiro atoms. The molecule has 1 aromatic rings. The Balaban J connectivity index is 1.98. The van der Waals surface area contributed by atoms with Crippen molar-refractivity contribution in [3.63, 3.8) is 0 Å². The Hall–Kier alpha value is -1.43. The third kappa shape index (κ3) is 2.02. The zero-order valence-corrected chi connectivity index (χ0v) is 12.6. The predicted octanol–water partition coefficient (Wildman–Crippen LogP) is 2.64. The molecule has 3 rings (SSSR count). The average molecular weight is 338 g/mol. The van der Waals surface area contributed by atoms with Gasteiger partial charge < -0.3 is 5.73 Å². The van der Waals surface area contributed by atoms with Gasteiger partial charge in [0.2, 0.25) is 11.8 Å². The highest BCUT2D eigenvalue weighted by Crippen LogP contribution is 2.47. The lowest BCUT2D eigenvalue weighted by Gasteiger charge is -2.30. The molecule has 2 heterocycles. The lowest BCUT2D eigenvalue weighted by Crippen LogP contribution is -2.37. The van der Waals surface area contributed by atoms with E-state index in [4.69, 9.17) is 5.73 Å². The molecule has 2 N–H and O–H groups in total. The molecule has 0 radical (unpaired) electrons. The Labute approximate surface area is 125 Å². The monoisotopic (exact) mass is 337 g/mol. The van der Waals surface area contributed by atoms with Crippen LogP contribution in [0.25, 0.3) is 0 Å². The number of amides is 2. The van der Waals surface area contributed by atoms with Gasteiger partial charge in [0.1, 0.15) is 0 Å². The number of hydrogen-bond acceptors (Lipinski definition) is 4. The maximum Gasteiger partial charge on any atom is 0.241 e. The van der Waals surface area contributed by atoms with Crippen molar-refractivity contribution in [2.45, 2.75) is 38.5 Å². The second-order valence-corrected chi connectivity index (χ2v) is 6.48. The van der Waals surface area contributed by atoms with Crippen LogP contribution in [0.15, 0.2) is 16.7 Å². The molecule has 6 heteroatoms. The van der Waals surface area contributed by atoms with E-state index in [1.54, 1.807) is 6.07 Å². The third-order valence-electron chi connectivity index (χ3n) is 4.26. The van der Waals surface area contributed by atoms with Gasteiger partial charge in [-0.1, -0.05) is 19.3 Å². The number of anilines is 2. The predicted molar refractivity (Wildman–Crippen MR) is 79.0 cm³/mol. The van der Waals surface area contributed by atoms with Crippen molar-refractivity contribution in [1.82, 2.24) is 4.98 Å². The van der Waals surface area contributed by atoms with Crippen molar-refractivity contribution in [1.29, 1.82) is 0 Å². The van der Waals surface area contributed by atoms with Crippen LogP contribution >= 0.6 is 15.9 Å². The fraction of sp³-hybridized carbons (Fsp3) is 0.500. The Bertz CT molecular complexity index is 582. The lowest BCUT2D eigenvalue weighted by molar-refractivity contribution is -0.127. The SMILES string of the molecule is Nc1cnc(N2C(=O)CC3(CCCCC3)C2=O)c(Br)c1. The summed E-state index contributed by atoms with van der Waals surface area (Å²) in [6, 6.07) is 1.66. The molecule has 0 atom stereocenters. The van der Waals surface area contributed by atoms with Crippen molar-refractivity contribution in [3.8, 4) is 0 Å². The first kappa shape index (κ1) is 13.5. The number of halogens is 1. The minimum absolute atomic E-state index is 0.0971. The largest absolute Gasteiger partial charge is 0.397 e. The quantitative estimate of drug-likeness (QED) is 0.799. The van der Waals surface area contributed by atoms with Gasteiger partial charge in [-0.25, -0.2) is 9.88 Å².